The van der Waals surface area contributed by atoms with E-state index in [4.69, 9.17) is 25.9 Å². The summed E-state index contributed by atoms with van der Waals surface area (Å²) < 4.78 is 10.6. The predicted molar refractivity (Wildman–Crippen MR) is 76.1 cm³/mol. The van der Waals surface area contributed by atoms with E-state index in [1.54, 1.807) is 17.8 Å². The first-order valence-electron chi connectivity index (χ1n) is 5.99. The van der Waals surface area contributed by atoms with Crippen molar-refractivity contribution >= 4 is 28.4 Å². The minimum absolute atomic E-state index is 0.193. The van der Waals surface area contributed by atoms with Gasteiger partial charge in [0.25, 0.3) is 0 Å². The molecule has 19 heavy (non-hydrogen) atoms. The molecule has 2 heterocycles. The summed E-state index contributed by atoms with van der Waals surface area (Å²) in [6.07, 6.45) is 0.833. The molecule has 2 aliphatic rings. The Balaban J connectivity index is 1.68. The molecule has 0 atom stereocenters. The van der Waals surface area contributed by atoms with E-state index in [9.17, 15) is 0 Å². The molecule has 0 radical (unpaired) electrons. The molecule has 0 spiro atoms. The van der Waals surface area contributed by atoms with Crippen LogP contribution in [-0.2, 0) is 10.6 Å². The van der Waals surface area contributed by atoms with Crippen LogP contribution in [0.2, 0.25) is 5.02 Å². The number of hydrogen-bond acceptors (Lipinski definition) is 5. The van der Waals surface area contributed by atoms with Crippen molar-refractivity contribution < 1.29 is 14.3 Å². The average molecular weight is 300 g/mol. The summed E-state index contributed by atoms with van der Waals surface area (Å²) in [6, 6.07) is 3.73. The summed E-state index contributed by atoms with van der Waals surface area (Å²) in [5.74, 6) is 2.21. The number of ether oxygens (including phenoxy) is 2. The molecular formula is C13H14ClNO3S. The Morgan fingerprint density at radius 2 is 2.05 bits per heavy atom. The maximum atomic E-state index is 6.23. The maximum absolute atomic E-state index is 6.23. The fraction of sp³-hybridized carbons (Fsp3) is 0.462. The number of hydrogen-bond donors (Lipinski definition) is 0. The lowest BCUT2D eigenvalue weighted by atomic mass is 10.1. The Labute approximate surface area is 121 Å². The molecule has 1 aromatic rings. The van der Waals surface area contributed by atoms with Gasteiger partial charge in [0.1, 0.15) is 10.6 Å². The maximum Gasteiger partial charge on any atom is 0.231 e. The monoisotopic (exact) mass is 299 g/mol. The molecule has 0 unspecified atom stereocenters. The highest BCUT2D eigenvalue weighted by atomic mass is 35.5. The lowest BCUT2D eigenvalue weighted by molar-refractivity contribution is 0.0123. The van der Waals surface area contributed by atoms with Gasteiger partial charge in [0.15, 0.2) is 11.5 Å². The predicted octanol–water partition coefficient (Wildman–Crippen LogP) is 3.81. The highest BCUT2D eigenvalue weighted by Gasteiger charge is 2.29. The van der Waals surface area contributed by atoms with Crippen LogP contribution in [0.5, 0.6) is 11.5 Å². The van der Waals surface area contributed by atoms with Crippen LogP contribution < -0.4 is 9.47 Å². The SMILES string of the molecule is CC1(C)CC(SCc2cc3c(cc2Cl)OCO3)=NO1. The van der Waals surface area contributed by atoms with Crippen LogP contribution in [0.15, 0.2) is 17.3 Å². The summed E-state index contributed by atoms with van der Waals surface area (Å²) in [7, 11) is 0. The highest BCUT2D eigenvalue weighted by molar-refractivity contribution is 8.13. The van der Waals surface area contributed by atoms with Gasteiger partial charge in [0.05, 0.1) is 0 Å². The van der Waals surface area contributed by atoms with Gasteiger partial charge in [-0.25, -0.2) is 0 Å². The smallest absolute Gasteiger partial charge is 0.231 e. The van der Waals surface area contributed by atoms with Gasteiger partial charge in [-0.05, 0) is 25.5 Å². The zero-order valence-corrected chi connectivity index (χ0v) is 12.3. The Morgan fingerprint density at radius 1 is 1.32 bits per heavy atom. The molecule has 1 aromatic carbocycles. The number of oxime groups is 1. The normalized spacial score (nSPS) is 19.2. The molecule has 3 rings (SSSR count). The topological polar surface area (TPSA) is 40.0 Å². The summed E-state index contributed by atoms with van der Waals surface area (Å²) in [5, 5.41) is 5.78. The minimum atomic E-state index is -0.193. The van der Waals surface area contributed by atoms with Gasteiger partial charge >= 0.3 is 0 Å². The van der Waals surface area contributed by atoms with Gasteiger partial charge in [-0.3, -0.25) is 0 Å². The van der Waals surface area contributed by atoms with Crippen LogP contribution in [-0.4, -0.2) is 17.4 Å². The third-order valence-electron chi connectivity index (χ3n) is 2.91. The first-order valence-corrected chi connectivity index (χ1v) is 7.36. The van der Waals surface area contributed by atoms with E-state index in [1.165, 1.54) is 0 Å². The Bertz CT molecular complexity index is 545. The number of thioether (sulfide) groups is 1. The number of nitrogens with zero attached hydrogens (tertiary/aromatic N) is 1. The second kappa shape index (κ2) is 4.80. The van der Waals surface area contributed by atoms with E-state index in [0.29, 0.717) is 10.8 Å². The van der Waals surface area contributed by atoms with Gasteiger partial charge in [-0.1, -0.05) is 16.8 Å². The van der Waals surface area contributed by atoms with E-state index in [0.717, 1.165) is 28.5 Å². The van der Waals surface area contributed by atoms with Crippen LogP contribution in [0.3, 0.4) is 0 Å². The van der Waals surface area contributed by atoms with Crippen molar-refractivity contribution in [2.24, 2.45) is 5.16 Å². The van der Waals surface area contributed by atoms with Gasteiger partial charge in [-0.15, -0.1) is 11.8 Å². The number of benzene rings is 1. The van der Waals surface area contributed by atoms with Crippen molar-refractivity contribution in [3.63, 3.8) is 0 Å². The van der Waals surface area contributed by atoms with Crippen molar-refractivity contribution in [1.82, 2.24) is 0 Å². The molecule has 0 fully saturated rings. The van der Waals surface area contributed by atoms with E-state index < -0.39 is 0 Å². The molecule has 0 saturated carbocycles. The van der Waals surface area contributed by atoms with E-state index in [1.807, 2.05) is 19.9 Å². The average Bonchev–Trinajstić information content (AvgIpc) is 2.92. The fourth-order valence-corrected chi connectivity index (χ4v) is 3.31. The highest BCUT2D eigenvalue weighted by Crippen LogP contribution is 2.38. The van der Waals surface area contributed by atoms with Gasteiger partial charge < -0.3 is 14.3 Å². The summed E-state index contributed by atoms with van der Waals surface area (Å²) in [4.78, 5) is 5.34. The van der Waals surface area contributed by atoms with E-state index in [2.05, 4.69) is 5.16 Å². The van der Waals surface area contributed by atoms with Crippen LogP contribution in [0, 0.1) is 0 Å². The Hall–Kier alpha value is -1.07. The van der Waals surface area contributed by atoms with E-state index >= 15 is 0 Å². The molecule has 6 heteroatoms. The van der Waals surface area contributed by atoms with Gasteiger partial charge in [-0.2, -0.15) is 0 Å². The number of fused-ring (bicyclic) bond motifs is 1. The first-order chi connectivity index (χ1) is 9.03. The zero-order chi connectivity index (χ0) is 13.5. The Morgan fingerprint density at radius 3 is 2.74 bits per heavy atom. The van der Waals surface area contributed by atoms with Crippen molar-refractivity contribution in [3.8, 4) is 11.5 Å². The van der Waals surface area contributed by atoms with Gasteiger partial charge in [0.2, 0.25) is 6.79 Å². The third-order valence-corrected chi connectivity index (χ3v) is 4.27. The molecule has 0 saturated heterocycles. The summed E-state index contributed by atoms with van der Waals surface area (Å²) in [6.45, 7) is 4.31. The standard InChI is InChI=1S/C13H14ClNO3S/c1-13(2)5-12(15-18-13)19-6-8-3-10-11(4-9(8)14)17-7-16-10/h3-4H,5-7H2,1-2H3. The lowest BCUT2D eigenvalue weighted by Gasteiger charge is -2.13. The molecule has 0 N–H and O–H groups in total. The molecule has 102 valence electrons. The summed E-state index contributed by atoms with van der Waals surface area (Å²) >= 11 is 7.87. The molecule has 0 aliphatic carbocycles. The Kier molecular flexibility index (Phi) is 3.27. The number of rotatable bonds is 2. The number of halogens is 1. The quantitative estimate of drug-likeness (QED) is 0.832. The van der Waals surface area contributed by atoms with Crippen molar-refractivity contribution in [1.29, 1.82) is 0 Å². The molecule has 0 amide bonds. The van der Waals surface area contributed by atoms with Crippen LogP contribution in [0.4, 0.5) is 0 Å². The first kappa shape index (κ1) is 12.9. The zero-order valence-electron chi connectivity index (χ0n) is 10.7. The molecule has 2 aliphatic heterocycles. The third kappa shape index (κ3) is 2.77. The minimum Gasteiger partial charge on any atom is -0.454 e. The lowest BCUT2D eigenvalue weighted by Crippen LogP contribution is -2.18. The summed E-state index contributed by atoms with van der Waals surface area (Å²) in [5.41, 5.74) is 0.824. The van der Waals surface area contributed by atoms with Gasteiger partial charge in [0, 0.05) is 23.3 Å². The fourth-order valence-electron chi connectivity index (χ4n) is 1.91. The molecule has 0 aromatic heterocycles. The van der Waals surface area contributed by atoms with Crippen LogP contribution >= 0.6 is 23.4 Å². The largest absolute Gasteiger partial charge is 0.454 e. The van der Waals surface area contributed by atoms with Crippen LogP contribution in [0.25, 0.3) is 0 Å². The molecular weight excluding hydrogens is 286 g/mol. The van der Waals surface area contributed by atoms with Crippen molar-refractivity contribution in [3.05, 3.63) is 22.7 Å². The molecule has 4 nitrogen and oxygen atoms in total. The second-order valence-corrected chi connectivity index (χ2v) is 6.55. The van der Waals surface area contributed by atoms with E-state index in [-0.39, 0.29) is 12.4 Å². The molecule has 0 bridgehead atoms. The van der Waals surface area contributed by atoms with Crippen LogP contribution in [0.1, 0.15) is 25.8 Å². The second-order valence-electron chi connectivity index (χ2n) is 5.10. The van der Waals surface area contributed by atoms with Crippen molar-refractivity contribution in [2.45, 2.75) is 31.6 Å². The van der Waals surface area contributed by atoms with Crippen molar-refractivity contribution in [2.75, 3.05) is 6.79 Å².